The zero-order valence-corrected chi connectivity index (χ0v) is 8.23. The molecule has 0 fully saturated rings. The van der Waals surface area contributed by atoms with E-state index in [-0.39, 0.29) is 5.82 Å². The lowest BCUT2D eigenvalue weighted by Crippen LogP contribution is -2.14. The van der Waals surface area contributed by atoms with Gasteiger partial charge in [-0.15, -0.1) is 0 Å². The van der Waals surface area contributed by atoms with Crippen LogP contribution < -0.4 is 5.32 Å². The average molecular weight is 181 g/mol. The summed E-state index contributed by atoms with van der Waals surface area (Å²) in [5.74, 6) is -0.108. The minimum absolute atomic E-state index is 0.108. The Labute approximate surface area is 79.0 Å². The molecule has 0 radical (unpaired) electrons. The number of hydrogen-bond acceptors (Lipinski definition) is 1. The van der Waals surface area contributed by atoms with Crippen molar-refractivity contribution in [3.8, 4) is 0 Å². The molecule has 0 saturated heterocycles. The third kappa shape index (κ3) is 3.15. The quantitative estimate of drug-likeness (QED) is 0.704. The molecule has 1 N–H and O–H groups in total. The number of rotatable bonds is 4. The molecule has 1 nitrogen and oxygen atoms in total. The van der Waals surface area contributed by atoms with Crippen molar-refractivity contribution in [2.45, 2.75) is 26.8 Å². The van der Waals surface area contributed by atoms with Crippen LogP contribution in [0.5, 0.6) is 0 Å². The van der Waals surface area contributed by atoms with E-state index in [1.807, 2.05) is 19.1 Å². The maximum Gasteiger partial charge on any atom is 0.127 e. The molecule has 0 saturated carbocycles. The lowest BCUT2D eigenvalue weighted by molar-refractivity contribution is 0.585. The fraction of sp³-hybridized carbons (Fsp3) is 0.455. The summed E-state index contributed by atoms with van der Waals surface area (Å²) in [6, 6.07) is 5.35. The van der Waals surface area contributed by atoms with Gasteiger partial charge in [0.25, 0.3) is 0 Å². The Morgan fingerprint density at radius 1 is 1.38 bits per heavy atom. The molecule has 1 aromatic rings. The van der Waals surface area contributed by atoms with Crippen LogP contribution in [0.25, 0.3) is 0 Å². The van der Waals surface area contributed by atoms with Crippen LogP contribution in [0.15, 0.2) is 18.2 Å². The Morgan fingerprint density at radius 2 is 2.15 bits per heavy atom. The van der Waals surface area contributed by atoms with Crippen molar-refractivity contribution >= 4 is 0 Å². The Kier molecular flexibility index (Phi) is 3.90. The second-order valence-electron chi connectivity index (χ2n) is 3.27. The SMILES string of the molecule is CCCNCc1ccc(C)cc1F. The van der Waals surface area contributed by atoms with Crippen LogP contribution >= 0.6 is 0 Å². The summed E-state index contributed by atoms with van der Waals surface area (Å²) >= 11 is 0. The summed E-state index contributed by atoms with van der Waals surface area (Å²) < 4.78 is 13.2. The molecule has 0 aliphatic heterocycles. The third-order valence-corrected chi connectivity index (χ3v) is 1.95. The molecule has 1 rings (SSSR count). The molecule has 0 aliphatic carbocycles. The minimum atomic E-state index is -0.108. The lowest BCUT2D eigenvalue weighted by atomic mass is 10.1. The first kappa shape index (κ1) is 10.2. The molecule has 0 spiro atoms. The van der Waals surface area contributed by atoms with E-state index in [0.717, 1.165) is 24.1 Å². The lowest BCUT2D eigenvalue weighted by Gasteiger charge is -2.05. The second kappa shape index (κ2) is 4.97. The van der Waals surface area contributed by atoms with Gasteiger partial charge < -0.3 is 5.32 Å². The van der Waals surface area contributed by atoms with Crippen LogP contribution in [0.3, 0.4) is 0 Å². The zero-order chi connectivity index (χ0) is 9.68. The van der Waals surface area contributed by atoms with Gasteiger partial charge in [-0.3, -0.25) is 0 Å². The third-order valence-electron chi connectivity index (χ3n) is 1.95. The van der Waals surface area contributed by atoms with Gasteiger partial charge in [0.05, 0.1) is 0 Å². The zero-order valence-electron chi connectivity index (χ0n) is 8.23. The van der Waals surface area contributed by atoms with Crippen LogP contribution in [0, 0.1) is 12.7 Å². The van der Waals surface area contributed by atoms with E-state index in [0.29, 0.717) is 6.54 Å². The van der Waals surface area contributed by atoms with Crippen LogP contribution in [-0.4, -0.2) is 6.54 Å². The molecule has 0 aliphatic rings. The van der Waals surface area contributed by atoms with E-state index >= 15 is 0 Å². The normalized spacial score (nSPS) is 10.4. The Hall–Kier alpha value is -0.890. The van der Waals surface area contributed by atoms with Crippen LogP contribution in [0.4, 0.5) is 4.39 Å². The fourth-order valence-corrected chi connectivity index (χ4v) is 1.20. The van der Waals surface area contributed by atoms with Crippen LogP contribution in [-0.2, 0) is 6.54 Å². The summed E-state index contributed by atoms with van der Waals surface area (Å²) in [5, 5.41) is 3.17. The van der Waals surface area contributed by atoms with Gasteiger partial charge in [-0.1, -0.05) is 19.1 Å². The highest BCUT2D eigenvalue weighted by atomic mass is 19.1. The Balaban J connectivity index is 2.56. The summed E-state index contributed by atoms with van der Waals surface area (Å²) in [6.45, 7) is 5.55. The first-order chi connectivity index (χ1) is 6.24. The molecule has 0 unspecified atom stereocenters. The van der Waals surface area contributed by atoms with E-state index in [9.17, 15) is 4.39 Å². The van der Waals surface area contributed by atoms with E-state index in [2.05, 4.69) is 12.2 Å². The van der Waals surface area contributed by atoms with Gasteiger partial charge in [-0.2, -0.15) is 0 Å². The molecule has 0 aromatic heterocycles. The number of nitrogens with one attached hydrogen (secondary N) is 1. The summed E-state index contributed by atoms with van der Waals surface area (Å²) in [4.78, 5) is 0. The van der Waals surface area contributed by atoms with Crippen molar-refractivity contribution in [1.82, 2.24) is 5.32 Å². The highest BCUT2D eigenvalue weighted by Gasteiger charge is 2.00. The summed E-state index contributed by atoms with van der Waals surface area (Å²) in [7, 11) is 0. The maximum absolute atomic E-state index is 13.2. The average Bonchev–Trinajstić information content (AvgIpc) is 2.09. The van der Waals surface area contributed by atoms with Crippen molar-refractivity contribution in [2.24, 2.45) is 0 Å². The van der Waals surface area contributed by atoms with Gasteiger partial charge >= 0.3 is 0 Å². The molecule has 13 heavy (non-hydrogen) atoms. The topological polar surface area (TPSA) is 12.0 Å². The van der Waals surface area contributed by atoms with E-state index in [1.54, 1.807) is 6.07 Å². The predicted octanol–water partition coefficient (Wildman–Crippen LogP) is 2.63. The first-order valence-electron chi connectivity index (χ1n) is 4.69. The molecule has 1 aromatic carbocycles. The van der Waals surface area contributed by atoms with Gasteiger partial charge in [0.2, 0.25) is 0 Å². The van der Waals surface area contributed by atoms with Crippen molar-refractivity contribution in [3.63, 3.8) is 0 Å². The number of benzene rings is 1. The van der Waals surface area contributed by atoms with Crippen LogP contribution in [0.1, 0.15) is 24.5 Å². The molecule has 0 amide bonds. The summed E-state index contributed by atoms with van der Waals surface area (Å²) in [6.07, 6.45) is 1.08. The Morgan fingerprint density at radius 3 is 2.77 bits per heavy atom. The smallest absolute Gasteiger partial charge is 0.127 e. The maximum atomic E-state index is 13.2. The molecule has 2 heteroatoms. The van der Waals surface area contributed by atoms with Crippen molar-refractivity contribution in [3.05, 3.63) is 35.1 Å². The molecule has 0 heterocycles. The van der Waals surface area contributed by atoms with E-state index < -0.39 is 0 Å². The second-order valence-corrected chi connectivity index (χ2v) is 3.27. The van der Waals surface area contributed by atoms with Gasteiger partial charge in [-0.05, 0) is 31.5 Å². The van der Waals surface area contributed by atoms with Gasteiger partial charge in [0.1, 0.15) is 5.82 Å². The fourth-order valence-electron chi connectivity index (χ4n) is 1.20. The van der Waals surface area contributed by atoms with Crippen molar-refractivity contribution in [1.29, 1.82) is 0 Å². The minimum Gasteiger partial charge on any atom is -0.313 e. The molecule has 0 bridgehead atoms. The highest BCUT2D eigenvalue weighted by Crippen LogP contribution is 2.09. The number of halogens is 1. The monoisotopic (exact) mass is 181 g/mol. The van der Waals surface area contributed by atoms with Crippen molar-refractivity contribution < 1.29 is 4.39 Å². The largest absolute Gasteiger partial charge is 0.313 e. The van der Waals surface area contributed by atoms with Crippen molar-refractivity contribution in [2.75, 3.05) is 6.54 Å². The van der Waals surface area contributed by atoms with Gasteiger partial charge in [-0.25, -0.2) is 4.39 Å². The number of hydrogen-bond donors (Lipinski definition) is 1. The standard InChI is InChI=1S/C11H16FN/c1-3-6-13-8-10-5-4-9(2)7-11(10)12/h4-5,7,13H,3,6,8H2,1-2H3. The van der Waals surface area contributed by atoms with E-state index in [1.165, 1.54) is 0 Å². The molecule has 0 atom stereocenters. The van der Waals surface area contributed by atoms with E-state index in [4.69, 9.17) is 0 Å². The van der Waals surface area contributed by atoms with Gasteiger partial charge in [0.15, 0.2) is 0 Å². The van der Waals surface area contributed by atoms with Crippen LogP contribution in [0.2, 0.25) is 0 Å². The number of aryl methyl sites for hydroxylation is 1. The predicted molar refractivity (Wildman–Crippen MR) is 53.1 cm³/mol. The Bertz CT molecular complexity index is 271. The highest BCUT2D eigenvalue weighted by molar-refractivity contribution is 5.23. The summed E-state index contributed by atoms with van der Waals surface area (Å²) in [5.41, 5.74) is 1.72. The molecule has 72 valence electrons. The molecular weight excluding hydrogens is 165 g/mol. The molecular formula is C11H16FN. The first-order valence-corrected chi connectivity index (χ1v) is 4.69. The van der Waals surface area contributed by atoms with Gasteiger partial charge in [0, 0.05) is 12.1 Å².